The van der Waals surface area contributed by atoms with Crippen molar-refractivity contribution in [1.29, 1.82) is 0 Å². The standard InChI is InChI=1S/C10H14N2O3S/c1-4-5-12(3)16(13,14)10-6-9(7-11)15-8(10)2/h1,6H,5,7,11H2,2-3H3. The van der Waals surface area contributed by atoms with Gasteiger partial charge in [0.05, 0.1) is 13.1 Å². The van der Waals surface area contributed by atoms with E-state index >= 15 is 0 Å². The lowest BCUT2D eigenvalue weighted by Crippen LogP contribution is -2.27. The second kappa shape index (κ2) is 4.70. The molecule has 0 aliphatic carbocycles. The van der Waals surface area contributed by atoms with Crippen LogP contribution in [0.3, 0.4) is 0 Å². The molecule has 1 rings (SSSR count). The molecule has 88 valence electrons. The van der Waals surface area contributed by atoms with E-state index in [4.69, 9.17) is 16.6 Å². The van der Waals surface area contributed by atoms with Crippen molar-refractivity contribution in [3.63, 3.8) is 0 Å². The topological polar surface area (TPSA) is 76.5 Å². The molecule has 1 heterocycles. The van der Waals surface area contributed by atoms with E-state index < -0.39 is 10.0 Å². The summed E-state index contributed by atoms with van der Waals surface area (Å²) in [7, 11) is -2.16. The van der Waals surface area contributed by atoms with Crippen molar-refractivity contribution in [3.8, 4) is 12.3 Å². The zero-order chi connectivity index (χ0) is 12.3. The third kappa shape index (κ3) is 2.27. The fraction of sp³-hybridized carbons (Fsp3) is 0.400. The molecule has 0 amide bonds. The molecule has 1 aromatic heterocycles. The molecule has 0 unspecified atom stereocenters. The number of rotatable bonds is 4. The van der Waals surface area contributed by atoms with E-state index in [1.165, 1.54) is 13.1 Å². The lowest BCUT2D eigenvalue weighted by molar-refractivity contribution is 0.472. The van der Waals surface area contributed by atoms with Crippen LogP contribution < -0.4 is 5.73 Å². The van der Waals surface area contributed by atoms with E-state index in [0.29, 0.717) is 11.5 Å². The number of nitrogens with zero attached hydrogens (tertiary/aromatic N) is 1. The number of hydrogen-bond acceptors (Lipinski definition) is 4. The van der Waals surface area contributed by atoms with E-state index in [0.717, 1.165) is 4.31 Å². The first kappa shape index (κ1) is 12.8. The zero-order valence-corrected chi connectivity index (χ0v) is 10.0. The maximum Gasteiger partial charge on any atom is 0.247 e. The molecule has 0 bridgehead atoms. The van der Waals surface area contributed by atoms with Crippen molar-refractivity contribution in [3.05, 3.63) is 17.6 Å². The highest BCUT2D eigenvalue weighted by Crippen LogP contribution is 2.22. The molecule has 1 aromatic rings. The maximum atomic E-state index is 12.0. The molecule has 0 aromatic carbocycles. The number of terminal acetylenes is 1. The van der Waals surface area contributed by atoms with Gasteiger partial charge in [0.2, 0.25) is 10.0 Å². The van der Waals surface area contributed by atoms with Gasteiger partial charge in [-0.3, -0.25) is 0 Å². The van der Waals surface area contributed by atoms with Crippen molar-refractivity contribution in [2.24, 2.45) is 5.73 Å². The van der Waals surface area contributed by atoms with E-state index in [9.17, 15) is 8.42 Å². The Morgan fingerprint density at radius 2 is 2.25 bits per heavy atom. The van der Waals surface area contributed by atoms with Crippen molar-refractivity contribution in [2.75, 3.05) is 13.6 Å². The average molecular weight is 242 g/mol. The van der Waals surface area contributed by atoms with Gasteiger partial charge in [-0.1, -0.05) is 5.92 Å². The minimum absolute atomic E-state index is 0.0188. The molecule has 0 saturated carbocycles. The molecule has 16 heavy (non-hydrogen) atoms. The minimum atomic E-state index is -3.58. The summed E-state index contributed by atoms with van der Waals surface area (Å²) in [6.45, 7) is 1.76. The molecule has 6 heteroatoms. The molecule has 0 radical (unpaired) electrons. The van der Waals surface area contributed by atoms with Gasteiger partial charge in [-0.25, -0.2) is 8.42 Å². The minimum Gasteiger partial charge on any atom is -0.464 e. The van der Waals surface area contributed by atoms with Crippen LogP contribution in [0.1, 0.15) is 11.5 Å². The highest BCUT2D eigenvalue weighted by Gasteiger charge is 2.25. The average Bonchev–Trinajstić information content (AvgIpc) is 2.60. The van der Waals surface area contributed by atoms with Gasteiger partial charge in [0.15, 0.2) is 0 Å². The van der Waals surface area contributed by atoms with Gasteiger partial charge in [-0.05, 0) is 6.92 Å². The highest BCUT2D eigenvalue weighted by molar-refractivity contribution is 7.89. The summed E-state index contributed by atoms with van der Waals surface area (Å²) >= 11 is 0. The van der Waals surface area contributed by atoms with Crippen LogP contribution in [0.2, 0.25) is 0 Å². The fourth-order valence-electron chi connectivity index (χ4n) is 1.26. The first-order chi connectivity index (χ1) is 7.43. The van der Waals surface area contributed by atoms with E-state index in [1.54, 1.807) is 6.92 Å². The van der Waals surface area contributed by atoms with Crippen molar-refractivity contribution in [1.82, 2.24) is 4.31 Å². The number of aryl methyl sites for hydroxylation is 1. The lowest BCUT2D eigenvalue weighted by Gasteiger charge is -2.12. The second-order valence-corrected chi connectivity index (χ2v) is 5.32. The Balaban J connectivity index is 3.17. The summed E-state index contributed by atoms with van der Waals surface area (Å²) < 4.78 is 30.3. The second-order valence-electron chi connectivity index (χ2n) is 3.30. The summed E-state index contributed by atoms with van der Waals surface area (Å²) in [5, 5.41) is 0. The molecule has 0 fully saturated rings. The van der Waals surface area contributed by atoms with Crippen LogP contribution in [0.4, 0.5) is 0 Å². The Kier molecular flexibility index (Phi) is 3.75. The third-order valence-electron chi connectivity index (χ3n) is 2.13. The van der Waals surface area contributed by atoms with Crippen molar-refractivity contribution in [2.45, 2.75) is 18.4 Å². The summed E-state index contributed by atoms with van der Waals surface area (Å²) in [6, 6.07) is 1.43. The third-order valence-corrected chi connectivity index (χ3v) is 4.04. The van der Waals surface area contributed by atoms with Gasteiger partial charge in [-0.2, -0.15) is 4.31 Å². The monoisotopic (exact) mass is 242 g/mol. The lowest BCUT2D eigenvalue weighted by atomic mass is 10.4. The summed E-state index contributed by atoms with van der Waals surface area (Å²) in [4.78, 5) is 0.116. The van der Waals surface area contributed by atoms with Crippen LogP contribution in [-0.2, 0) is 16.6 Å². The van der Waals surface area contributed by atoms with E-state index in [1.807, 2.05) is 0 Å². The molecule has 0 spiro atoms. The summed E-state index contributed by atoms with van der Waals surface area (Å²) in [5.74, 6) is 3.03. The van der Waals surface area contributed by atoms with Gasteiger partial charge in [0, 0.05) is 13.1 Å². The molecule has 2 N–H and O–H groups in total. The summed E-state index contributed by atoms with van der Waals surface area (Å²) in [5.41, 5.74) is 5.38. The van der Waals surface area contributed by atoms with Gasteiger partial charge < -0.3 is 10.2 Å². The first-order valence-corrected chi connectivity index (χ1v) is 6.06. The van der Waals surface area contributed by atoms with Crippen LogP contribution >= 0.6 is 0 Å². The van der Waals surface area contributed by atoms with E-state index in [-0.39, 0.29) is 18.0 Å². The normalized spacial score (nSPS) is 11.7. The highest BCUT2D eigenvalue weighted by atomic mass is 32.2. The Hall–Kier alpha value is -1.29. The zero-order valence-electron chi connectivity index (χ0n) is 9.23. The maximum absolute atomic E-state index is 12.0. The van der Waals surface area contributed by atoms with Crippen LogP contribution in [-0.4, -0.2) is 26.3 Å². The smallest absolute Gasteiger partial charge is 0.247 e. The Morgan fingerprint density at radius 3 is 2.69 bits per heavy atom. The van der Waals surface area contributed by atoms with Crippen molar-refractivity contribution >= 4 is 10.0 Å². The largest absolute Gasteiger partial charge is 0.464 e. The van der Waals surface area contributed by atoms with Crippen LogP contribution in [0, 0.1) is 19.3 Å². The molecular formula is C10H14N2O3S. The molecule has 5 nitrogen and oxygen atoms in total. The Labute approximate surface area is 95.3 Å². The molecule has 0 atom stereocenters. The molecule has 0 aliphatic rings. The molecular weight excluding hydrogens is 228 g/mol. The predicted molar refractivity (Wildman–Crippen MR) is 60.0 cm³/mol. The van der Waals surface area contributed by atoms with Crippen LogP contribution in [0.25, 0.3) is 0 Å². The number of sulfonamides is 1. The van der Waals surface area contributed by atoms with E-state index in [2.05, 4.69) is 5.92 Å². The van der Waals surface area contributed by atoms with Gasteiger partial charge >= 0.3 is 0 Å². The number of hydrogen-bond donors (Lipinski definition) is 1. The molecule has 0 saturated heterocycles. The van der Waals surface area contributed by atoms with Crippen molar-refractivity contribution < 1.29 is 12.8 Å². The fourth-order valence-corrected chi connectivity index (χ4v) is 2.53. The predicted octanol–water partition coefficient (Wildman–Crippen LogP) is 0.300. The number of furan rings is 1. The van der Waals surface area contributed by atoms with Gasteiger partial charge in [0.1, 0.15) is 16.4 Å². The SMILES string of the molecule is C#CCN(C)S(=O)(=O)c1cc(CN)oc1C. The Morgan fingerprint density at radius 1 is 1.62 bits per heavy atom. The van der Waals surface area contributed by atoms with Gasteiger partial charge in [0.25, 0.3) is 0 Å². The van der Waals surface area contributed by atoms with Crippen LogP contribution in [0.15, 0.2) is 15.4 Å². The van der Waals surface area contributed by atoms with Gasteiger partial charge in [-0.15, -0.1) is 6.42 Å². The molecule has 0 aliphatic heterocycles. The number of nitrogens with two attached hydrogens (primary N) is 1. The Bertz CT molecular complexity index is 511. The van der Waals surface area contributed by atoms with Crippen LogP contribution in [0.5, 0.6) is 0 Å². The summed E-state index contributed by atoms with van der Waals surface area (Å²) in [6.07, 6.45) is 5.07. The quantitative estimate of drug-likeness (QED) is 0.770. The first-order valence-electron chi connectivity index (χ1n) is 4.62.